The number of benzene rings is 1. The number of nitrogens with zero attached hydrogens (tertiary/aromatic N) is 1. The quantitative estimate of drug-likeness (QED) is 0.847. The van der Waals surface area contributed by atoms with E-state index in [2.05, 4.69) is 32.2 Å². The van der Waals surface area contributed by atoms with E-state index in [0.717, 1.165) is 23.1 Å². The average Bonchev–Trinajstić information content (AvgIpc) is 2.36. The van der Waals surface area contributed by atoms with Crippen molar-refractivity contribution in [2.45, 2.75) is 46.1 Å². The van der Waals surface area contributed by atoms with Gasteiger partial charge in [0.25, 0.3) is 0 Å². The third-order valence-electron chi connectivity index (χ3n) is 4.32. The molecule has 0 bridgehead atoms. The molecule has 0 aliphatic heterocycles. The van der Waals surface area contributed by atoms with Gasteiger partial charge in [-0.3, -0.25) is 0 Å². The number of hydrogen-bond acceptors (Lipinski definition) is 2. The summed E-state index contributed by atoms with van der Waals surface area (Å²) >= 11 is 0. The number of nitriles is 1. The van der Waals surface area contributed by atoms with Gasteiger partial charge in [-0.1, -0.05) is 19.9 Å². The monoisotopic (exact) mass is 242 g/mol. The van der Waals surface area contributed by atoms with Crippen LogP contribution in [0.15, 0.2) is 18.2 Å². The zero-order valence-corrected chi connectivity index (χ0v) is 11.5. The molecule has 1 aromatic carbocycles. The van der Waals surface area contributed by atoms with E-state index in [-0.39, 0.29) is 0 Å². The molecule has 0 saturated heterocycles. The van der Waals surface area contributed by atoms with Crippen molar-refractivity contribution in [1.82, 2.24) is 0 Å². The molecule has 1 fully saturated rings. The molecule has 1 aliphatic carbocycles. The molecule has 18 heavy (non-hydrogen) atoms. The maximum Gasteiger partial charge on any atom is 0.0992 e. The minimum absolute atomic E-state index is 0.559. The smallest absolute Gasteiger partial charge is 0.0992 e. The van der Waals surface area contributed by atoms with Crippen molar-refractivity contribution >= 4 is 5.69 Å². The second-order valence-corrected chi connectivity index (χ2v) is 5.75. The Balaban J connectivity index is 2.08. The van der Waals surface area contributed by atoms with E-state index in [1.54, 1.807) is 0 Å². The van der Waals surface area contributed by atoms with E-state index in [0.29, 0.717) is 6.04 Å². The fourth-order valence-corrected chi connectivity index (χ4v) is 2.75. The van der Waals surface area contributed by atoms with Gasteiger partial charge in [0.05, 0.1) is 11.6 Å². The van der Waals surface area contributed by atoms with Crippen LogP contribution in [0.2, 0.25) is 0 Å². The number of nitrogens with one attached hydrogen (secondary N) is 1. The molecule has 3 atom stereocenters. The first-order valence-electron chi connectivity index (χ1n) is 6.87. The number of anilines is 1. The first-order chi connectivity index (χ1) is 8.60. The molecule has 1 saturated carbocycles. The van der Waals surface area contributed by atoms with E-state index in [9.17, 15) is 0 Å². The maximum absolute atomic E-state index is 8.96. The minimum atomic E-state index is 0.559. The van der Waals surface area contributed by atoms with Crippen molar-refractivity contribution in [3.8, 4) is 6.07 Å². The van der Waals surface area contributed by atoms with Gasteiger partial charge >= 0.3 is 0 Å². The van der Waals surface area contributed by atoms with Gasteiger partial charge in [-0.15, -0.1) is 0 Å². The third kappa shape index (κ3) is 2.85. The summed E-state index contributed by atoms with van der Waals surface area (Å²) < 4.78 is 0. The minimum Gasteiger partial charge on any atom is -0.382 e. The van der Waals surface area contributed by atoms with Crippen molar-refractivity contribution in [2.24, 2.45) is 11.8 Å². The summed E-state index contributed by atoms with van der Waals surface area (Å²) in [6, 6.07) is 8.64. The maximum atomic E-state index is 8.96. The van der Waals surface area contributed by atoms with E-state index < -0.39 is 0 Å². The average molecular weight is 242 g/mol. The van der Waals surface area contributed by atoms with Crippen LogP contribution in [0.1, 0.15) is 44.2 Å². The molecule has 0 spiro atoms. The first-order valence-corrected chi connectivity index (χ1v) is 6.87. The SMILES string of the molecule is Cc1ccc(C#N)cc1NC1CCC(C)C(C)C1. The molecule has 1 N–H and O–H groups in total. The zero-order chi connectivity index (χ0) is 13.1. The molecule has 1 aliphatic rings. The largest absolute Gasteiger partial charge is 0.382 e. The second-order valence-electron chi connectivity index (χ2n) is 5.75. The summed E-state index contributed by atoms with van der Waals surface area (Å²) in [5, 5.41) is 12.6. The first kappa shape index (κ1) is 13.0. The Labute approximate surface area is 110 Å². The summed E-state index contributed by atoms with van der Waals surface area (Å²) in [4.78, 5) is 0. The van der Waals surface area contributed by atoms with Crippen LogP contribution >= 0.6 is 0 Å². The van der Waals surface area contributed by atoms with E-state index in [1.807, 2.05) is 18.2 Å². The number of aryl methyl sites for hydroxylation is 1. The molecule has 1 aromatic rings. The van der Waals surface area contributed by atoms with Gasteiger partial charge in [0.2, 0.25) is 0 Å². The lowest BCUT2D eigenvalue weighted by atomic mass is 9.79. The lowest BCUT2D eigenvalue weighted by molar-refractivity contribution is 0.261. The molecule has 96 valence electrons. The lowest BCUT2D eigenvalue weighted by Gasteiger charge is -2.33. The predicted octanol–water partition coefficient (Wildman–Crippen LogP) is 4.10. The highest BCUT2D eigenvalue weighted by Gasteiger charge is 2.24. The molecule has 3 unspecified atom stereocenters. The highest BCUT2D eigenvalue weighted by atomic mass is 14.9. The van der Waals surface area contributed by atoms with Gasteiger partial charge in [-0.2, -0.15) is 5.26 Å². The van der Waals surface area contributed by atoms with Gasteiger partial charge in [0.15, 0.2) is 0 Å². The van der Waals surface area contributed by atoms with Gasteiger partial charge < -0.3 is 5.32 Å². The highest BCUT2D eigenvalue weighted by Crippen LogP contribution is 2.31. The molecule has 2 nitrogen and oxygen atoms in total. The van der Waals surface area contributed by atoms with Crippen LogP contribution in [0.5, 0.6) is 0 Å². The Kier molecular flexibility index (Phi) is 3.91. The molecule has 0 aromatic heterocycles. The van der Waals surface area contributed by atoms with Gasteiger partial charge in [-0.05, 0) is 55.7 Å². The van der Waals surface area contributed by atoms with E-state index in [4.69, 9.17) is 5.26 Å². The van der Waals surface area contributed by atoms with E-state index in [1.165, 1.54) is 24.8 Å². The molecule has 0 heterocycles. The molecular formula is C16H22N2. The summed E-state index contributed by atoms with van der Waals surface area (Å²) in [5.74, 6) is 1.63. The Morgan fingerprint density at radius 1 is 1.22 bits per heavy atom. The van der Waals surface area contributed by atoms with Crippen LogP contribution in [0.4, 0.5) is 5.69 Å². The highest BCUT2D eigenvalue weighted by molar-refractivity contribution is 5.55. The van der Waals surface area contributed by atoms with Crippen LogP contribution in [-0.2, 0) is 0 Å². The fraction of sp³-hybridized carbons (Fsp3) is 0.562. The Morgan fingerprint density at radius 2 is 2.00 bits per heavy atom. The standard InChI is InChI=1S/C16H22N2/c1-11-5-7-15(8-13(11)3)18-16-9-14(10-17)6-4-12(16)2/h4,6,9,11,13,15,18H,5,7-8H2,1-3H3. The Hall–Kier alpha value is -1.49. The Bertz CT molecular complexity index is 459. The molecule has 2 heteroatoms. The van der Waals surface area contributed by atoms with Crippen molar-refractivity contribution in [1.29, 1.82) is 5.26 Å². The zero-order valence-electron chi connectivity index (χ0n) is 11.5. The van der Waals surface area contributed by atoms with Crippen molar-refractivity contribution in [3.63, 3.8) is 0 Å². The van der Waals surface area contributed by atoms with Crippen LogP contribution in [0.3, 0.4) is 0 Å². The van der Waals surface area contributed by atoms with Crippen LogP contribution in [-0.4, -0.2) is 6.04 Å². The second kappa shape index (κ2) is 5.44. The summed E-state index contributed by atoms with van der Waals surface area (Å²) in [6.45, 7) is 6.79. The lowest BCUT2D eigenvalue weighted by Crippen LogP contribution is -2.30. The molecule has 0 amide bonds. The summed E-state index contributed by atoms with van der Waals surface area (Å²) in [6.07, 6.45) is 3.77. The fourth-order valence-electron chi connectivity index (χ4n) is 2.75. The van der Waals surface area contributed by atoms with Crippen LogP contribution in [0.25, 0.3) is 0 Å². The van der Waals surface area contributed by atoms with Crippen molar-refractivity contribution < 1.29 is 0 Å². The van der Waals surface area contributed by atoms with Gasteiger partial charge in [0, 0.05) is 11.7 Å². The topological polar surface area (TPSA) is 35.8 Å². The van der Waals surface area contributed by atoms with Gasteiger partial charge in [-0.25, -0.2) is 0 Å². The Morgan fingerprint density at radius 3 is 2.67 bits per heavy atom. The van der Waals surface area contributed by atoms with Gasteiger partial charge in [0.1, 0.15) is 0 Å². The van der Waals surface area contributed by atoms with Crippen molar-refractivity contribution in [3.05, 3.63) is 29.3 Å². The van der Waals surface area contributed by atoms with Crippen LogP contribution in [0, 0.1) is 30.1 Å². The number of rotatable bonds is 2. The third-order valence-corrected chi connectivity index (χ3v) is 4.32. The summed E-state index contributed by atoms with van der Waals surface area (Å²) in [7, 11) is 0. The number of hydrogen-bond donors (Lipinski definition) is 1. The normalized spacial score (nSPS) is 27.6. The molecule has 2 rings (SSSR count). The molecule has 0 radical (unpaired) electrons. The molecular weight excluding hydrogens is 220 g/mol. The van der Waals surface area contributed by atoms with Crippen LogP contribution < -0.4 is 5.32 Å². The summed E-state index contributed by atoms with van der Waals surface area (Å²) in [5.41, 5.74) is 3.08. The van der Waals surface area contributed by atoms with E-state index >= 15 is 0 Å². The predicted molar refractivity (Wildman–Crippen MR) is 75.5 cm³/mol. The van der Waals surface area contributed by atoms with Crippen molar-refractivity contribution in [2.75, 3.05) is 5.32 Å².